The molecule has 1 fully saturated rings. The fraction of sp³-hybridized carbons (Fsp3) is 0.286. The summed E-state index contributed by atoms with van der Waals surface area (Å²) in [4.78, 5) is 17.0. The molecule has 0 amide bonds. The molecule has 1 N–H and O–H groups in total. The Labute approximate surface area is 178 Å². The highest BCUT2D eigenvalue weighted by Crippen LogP contribution is 2.26. The third kappa shape index (κ3) is 4.54. The van der Waals surface area contributed by atoms with Crippen LogP contribution in [0.3, 0.4) is 0 Å². The summed E-state index contributed by atoms with van der Waals surface area (Å²) < 4.78 is 7.30. The maximum atomic E-state index is 12.6. The first-order chi connectivity index (χ1) is 14.1. The first kappa shape index (κ1) is 19.7. The molecular formula is C21H20Cl2N4O2. The van der Waals surface area contributed by atoms with Crippen molar-refractivity contribution >= 4 is 28.9 Å². The van der Waals surface area contributed by atoms with E-state index >= 15 is 0 Å². The molecule has 150 valence electrons. The number of nitrogens with zero attached hydrogens (tertiary/aromatic N) is 3. The molecule has 29 heavy (non-hydrogen) atoms. The number of benzene rings is 1. The van der Waals surface area contributed by atoms with E-state index in [1.54, 1.807) is 30.5 Å². The van der Waals surface area contributed by atoms with Crippen LogP contribution in [0.1, 0.15) is 31.2 Å². The molecular weight excluding hydrogens is 411 g/mol. The standard InChI is InChI=1S/C21H20Cl2N4O2/c22-15-7-9-16(10-8-15)27-21(28)19(23)18(13-26-27)25-12-14-4-3-11-24-20(14)29-17-5-1-2-6-17/h3-4,7-11,13,17,25H,1-2,5-6,12H2. The van der Waals surface area contributed by atoms with E-state index in [2.05, 4.69) is 15.4 Å². The SMILES string of the molecule is O=c1c(Cl)c(NCc2cccnc2OC2CCCC2)cnn1-c1ccc(Cl)cc1. The number of pyridine rings is 1. The van der Waals surface area contributed by atoms with Gasteiger partial charge in [0.05, 0.1) is 17.6 Å². The van der Waals surface area contributed by atoms with E-state index in [0.29, 0.717) is 28.8 Å². The van der Waals surface area contributed by atoms with Crippen molar-refractivity contribution in [3.05, 3.63) is 74.8 Å². The number of hydrogen-bond acceptors (Lipinski definition) is 5. The highest BCUT2D eigenvalue weighted by Gasteiger charge is 2.19. The average molecular weight is 431 g/mol. The number of rotatable bonds is 6. The molecule has 0 aliphatic heterocycles. The molecule has 6 nitrogen and oxygen atoms in total. The molecule has 1 aromatic carbocycles. The fourth-order valence-electron chi connectivity index (χ4n) is 3.34. The van der Waals surface area contributed by atoms with Crippen molar-refractivity contribution in [3.8, 4) is 11.6 Å². The van der Waals surface area contributed by atoms with Crippen molar-refractivity contribution in [1.29, 1.82) is 0 Å². The number of halogens is 2. The van der Waals surface area contributed by atoms with Gasteiger partial charge < -0.3 is 10.1 Å². The zero-order chi connectivity index (χ0) is 20.2. The molecule has 1 aliphatic rings. The smallest absolute Gasteiger partial charge is 0.292 e. The molecule has 2 aromatic heterocycles. The number of anilines is 1. The summed E-state index contributed by atoms with van der Waals surface area (Å²) >= 11 is 12.2. The fourth-order valence-corrected chi connectivity index (χ4v) is 3.66. The third-order valence-electron chi connectivity index (χ3n) is 4.89. The molecule has 0 radical (unpaired) electrons. The molecule has 2 heterocycles. The highest BCUT2D eigenvalue weighted by atomic mass is 35.5. The van der Waals surface area contributed by atoms with Gasteiger partial charge in [0.1, 0.15) is 11.1 Å². The van der Waals surface area contributed by atoms with Crippen LogP contribution in [0.2, 0.25) is 10.0 Å². The number of hydrogen-bond donors (Lipinski definition) is 1. The van der Waals surface area contributed by atoms with Gasteiger partial charge in [0.15, 0.2) is 0 Å². The lowest BCUT2D eigenvalue weighted by Crippen LogP contribution is -2.22. The maximum absolute atomic E-state index is 12.6. The number of ether oxygens (including phenoxy) is 1. The van der Waals surface area contributed by atoms with Gasteiger partial charge in [-0.3, -0.25) is 4.79 Å². The minimum atomic E-state index is -0.410. The monoisotopic (exact) mass is 430 g/mol. The Hall–Kier alpha value is -2.57. The molecule has 0 atom stereocenters. The minimum Gasteiger partial charge on any atom is -0.474 e. The van der Waals surface area contributed by atoms with E-state index < -0.39 is 5.56 Å². The Bertz CT molecular complexity index is 1050. The van der Waals surface area contributed by atoms with E-state index in [1.807, 2.05) is 12.1 Å². The third-order valence-corrected chi connectivity index (χ3v) is 5.51. The second-order valence-corrected chi connectivity index (χ2v) is 7.73. The number of aromatic nitrogens is 3. The second kappa shape index (κ2) is 8.84. The zero-order valence-electron chi connectivity index (χ0n) is 15.6. The summed E-state index contributed by atoms with van der Waals surface area (Å²) in [7, 11) is 0. The van der Waals surface area contributed by atoms with Crippen molar-refractivity contribution in [1.82, 2.24) is 14.8 Å². The largest absolute Gasteiger partial charge is 0.474 e. The van der Waals surface area contributed by atoms with Gasteiger partial charge in [0, 0.05) is 23.3 Å². The summed E-state index contributed by atoms with van der Waals surface area (Å²) in [5.41, 5.74) is 1.54. The molecule has 0 spiro atoms. The van der Waals surface area contributed by atoms with E-state index in [4.69, 9.17) is 27.9 Å². The second-order valence-electron chi connectivity index (χ2n) is 6.91. The van der Waals surface area contributed by atoms with Crippen LogP contribution in [0.4, 0.5) is 5.69 Å². The molecule has 0 unspecified atom stereocenters. The van der Waals surface area contributed by atoms with Crippen molar-refractivity contribution in [2.45, 2.75) is 38.3 Å². The van der Waals surface area contributed by atoms with Crippen LogP contribution in [0.25, 0.3) is 5.69 Å². The topological polar surface area (TPSA) is 69.0 Å². The predicted octanol–water partition coefficient (Wildman–Crippen LogP) is 4.87. The molecule has 1 saturated carbocycles. The van der Waals surface area contributed by atoms with E-state index in [9.17, 15) is 4.79 Å². The van der Waals surface area contributed by atoms with Gasteiger partial charge >= 0.3 is 0 Å². The van der Waals surface area contributed by atoms with Crippen molar-refractivity contribution in [2.75, 3.05) is 5.32 Å². The summed E-state index contributed by atoms with van der Waals surface area (Å²) in [5, 5.41) is 8.05. The van der Waals surface area contributed by atoms with Crippen molar-refractivity contribution in [2.24, 2.45) is 0 Å². The lowest BCUT2D eigenvalue weighted by atomic mass is 10.2. The number of nitrogens with one attached hydrogen (secondary N) is 1. The zero-order valence-corrected chi connectivity index (χ0v) is 17.2. The molecule has 4 rings (SSSR count). The summed E-state index contributed by atoms with van der Waals surface area (Å²) in [6.07, 6.45) is 7.97. The van der Waals surface area contributed by atoms with Crippen LogP contribution in [0.5, 0.6) is 5.88 Å². The summed E-state index contributed by atoms with van der Waals surface area (Å²) in [6.45, 7) is 0.418. The Morgan fingerprint density at radius 2 is 1.90 bits per heavy atom. The van der Waals surface area contributed by atoms with Gasteiger partial charge in [0.25, 0.3) is 5.56 Å². The molecule has 0 saturated heterocycles. The van der Waals surface area contributed by atoms with Crippen LogP contribution in [0.15, 0.2) is 53.6 Å². The van der Waals surface area contributed by atoms with Gasteiger partial charge in [-0.25, -0.2) is 4.98 Å². The molecule has 0 bridgehead atoms. The lowest BCUT2D eigenvalue weighted by Gasteiger charge is -2.16. The molecule has 8 heteroatoms. The molecule has 3 aromatic rings. The van der Waals surface area contributed by atoms with Crippen molar-refractivity contribution in [3.63, 3.8) is 0 Å². The van der Waals surface area contributed by atoms with E-state index in [0.717, 1.165) is 18.4 Å². The van der Waals surface area contributed by atoms with Gasteiger partial charge in [-0.15, -0.1) is 0 Å². The summed E-state index contributed by atoms with van der Waals surface area (Å²) in [5.74, 6) is 0.616. The highest BCUT2D eigenvalue weighted by molar-refractivity contribution is 6.33. The maximum Gasteiger partial charge on any atom is 0.292 e. The van der Waals surface area contributed by atoms with Gasteiger partial charge in [-0.05, 0) is 56.0 Å². The first-order valence-corrected chi connectivity index (χ1v) is 10.3. The predicted molar refractivity (Wildman–Crippen MR) is 114 cm³/mol. The quantitative estimate of drug-likeness (QED) is 0.603. The van der Waals surface area contributed by atoms with E-state index in [1.165, 1.54) is 23.7 Å². The Balaban J connectivity index is 1.51. The average Bonchev–Trinajstić information content (AvgIpc) is 3.24. The van der Waals surface area contributed by atoms with Crippen molar-refractivity contribution < 1.29 is 4.74 Å². The molecule has 1 aliphatic carbocycles. The van der Waals surface area contributed by atoms with Crippen LogP contribution < -0.4 is 15.6 Å². The van der Waals surface area contributed by atoms with Gasteiger partial charge in [-0.2, -0.15) is 9.78 Å². The van der Waals surface area contributed by atoms with Crippen LogP contribution >= 0.6 is 23.2 Å². The normalized spacial score (nSPS) is 14.1. The van der Waals surface area contributed by atoms with Gasteiger partial charge in [-0.1, -0.05) is 29.3 Å². The van der Waals surface area contributed by atoms with Crippen LogP contribution in [0, 0.1) is 0 Å². The van der Waals surface area contributed by atoms with Crippen LogP contribution in [-0.4, -0.2) is 20.9 Å². The van der Waals surface area contributed by atoms with E-state index in [-0.39, 0.29) is 11.1 Å². The summed E-state index contributed by atoms with van der Waals surface area (Å²) in [6, 6.07) is 10.6. The Morgan fingerprint density at radius 3 is 2.66 bits per heavy atom. The Kier molecular flexibility index (Phi) is 6.02. The lowest BCUT2D eigenvalue weighted by molar-refractivity contribution is 0.199. The first-order valence-electron chi connectivity index (χ1n) is 9.50. The Morgan fingerprint density at radius 1 is 1.14 bits per heavy atom. The minimum absolute atomic E-state index is 0.0668. The van der Waals surface area contributed by atoms with Gasteiger partial charge in [0.2, 0.25) is 5.88 Å². The van der Waals surface area contributed by atoms with Crippen LogP contribution in [-0.2, 0) is 6.54 Å².